The zero-order valence-electron chi connectivity index (χ0n) is 21.0. The Morgan fingerprint density at radius 1 is 0.462 bits per heavy atom. The van der Waals surface area contributed by atoms with Gasteiger partial charge in [0.25, 0.3) is 0 Å². The molecule has 4 heteroatoms. The summed E-state index contributed by atoms with van der Waals surface area (Å²) in [6, 6.07) is 0. The first kappa shape index (κ1) is 40.5. The Morgan fingerprint density at radius 3 is 0.654 bits per heavy atom. The highest BCUT2D eigenvalue weighted by Gasteiger charge is 2.07. The topological polar surface area (TPSA) is 104 Å². The second kappa shape index (κ2) is 35.9. The van der Waals surface area contributed by atoms with Crippen molar-refractivity contribution in [2.24, 2.45) is 22.9 Å². The third-order valence-corrected chi connectivity index (χ3v) is 1.58. The molecule has 168 valence electrons. The van der Waals surface area contributed by atoms with E-state index in [2.05, 4.69) is 76.2 Å². The van der Waals surface area contributed by atoms with E-state index in [1.54, 1.807) is 0 Å². The van der Waals surface area contributed by atoms with Crippen LogP contribution in [-0.4, -0.2) is 11.3 Å². The van der Waals surface area contributed by atoms with Gasteiger partial charge >= 0.3 is 0 Å². The molecule has 0 aromatic rings. The van der Waals surface area contributed by atoms with E-state index in [4.69, 9.17) is 22.9 Å². The predicted octanol–water partition coefficient (Wildman–Crippen LogP) is 6.51. The molecular weight excluding hydrogens is 320 g/mol. The first-order valence-corrected chi connectivity index (χ1v) is 10.9. The van der Waals surface area contributed by atoms with E-state index in [0.717, 1.165) is 12.8 Å². The molecule has 0 heterocycles. The van der Waals surface area contributed by atoms with Gasteiger partial charge in [-0.05, 0) is 26.7 Å². The summed E-state index contributed by atoms with van der Waals surface area (Å²) in [7, 11) is 0. The molecule has 26 heavy (non-hydrogen) atoms. The van der Waals surface area contributed by atoms with E-state index >= 15 is 0 Å². The van der Waals surface area contributed by atoms with Gasteiger partial charge in [-0.2, -0.15) is 0 Å². The van der Waals surface area contributed by atoms with Crippen LogP contribution in [0.1, 0.15) is 134 Å². The molecular formula is C22H60N4. The third-order valence-electron chi connectivity index (χ3n) is 1.58. The fourth-order valence-electron chi connectivity index (χ4n) is 1.08. The molecule has 4 nitrogen and oxygen atoms in total. The van der Waals surface area contributed by atoms with Gasteiger partial charge < -0.3 is 22.9 Å². The van der Waals surface area contributed by atoms with E-state index in [1.165, 1.54) is 32.1 Å². The first-order chi connectivity index (χ1) is 11.8. The van der Waals surface area contributed by atoms with E-state index in [1.807, 2.05) is 6.92 Å². The standard InChI is InChI=1S/C6H15N.C4H13N3.4C3H8/c1-4-5-6(2,3)7;1-2-3-4(5,6)7;4*1-3-2/h4-5,7H2,1-3H3;2-3,5-7H2,1H3;4*3H2,1-2H3. The lowest BCUT2D eigenvalue weighted by atomic mass is 10.0. The fourth-order valence-corrected chi connectivity index (χ4v) is 1.08. The van der Waals surface area contributed by atoms with E-state index in [0.29, 0.717) is 6.42 Å². The Hall–Kier alpha value is -0.160. The molecule has 0 aliphatic carbocycles. The van der Waals surface area contributed by atoms with Gasteiger partial charge in [0.05, 0.1) is 0 Å². The lowest BCUT2D eigenvalue weighted by Gasteiger charge is -2.15. The SMILES string of the molecule is CCC.CCC.CCC.CCC.CCCC(C)(C)N.CCCC(N)(N)N. The molecule has 0 saturated heterocycles. The molecule has 0 amide bonds. The summed E-state index contributed by atoms with van der Waals surface area (Å²) >= 11 is 0. The maximum absolute atomic E-state index is 5.65. The van der Waals surface area contributed by atoms with Gasteiger partial charge in [0.2, 0.25) is 0 Å². The highest BCUT2D eigenvalue weighted by molar-refractivity contribution is 4.69. The van der Waals surface area contributed by atoms with Gasteiger partial charge in [-0.25, -0.2) is 0 Å². The van der Waals surface area contributed by atoms with Crippen molar-refractivity contribution in [1.29, 1.82) is 0 Å². The Kier molecular flexibility index (Phi) is 55.9. The molecule has 0 aromatic carbocycles. The van der Waals surface area contributed by atoms with Crippen LogP contribution >= 0.6 is 0 Å². The molecule has 0 unspecified atom stereocenters. The van der Waals surface area contributed by atoms with Crippen molar-refractivity contribution in [2.45, 2.75) is 146 Å². The summed E-state index contributed by atoms with van der Waals surface area (Å²) in [5.74, 6) is -0.950. The Bertz CT molecular complexity index is 146. The lowest BCUT2D eigenvalue weighted by Crippen LogP contribution is -2.57. The fraction of sp³-hybridized carbons (Fsp3) is 1.00. The van der Waals surface area contributed by atoms with Gasteiger partial charge in [-0.1, -0.05) is 108 Å². The minimum atomic E-state index is -0.950. The van der Waals surface area contributed by atoms with Crippen molar-refractivity contribution in [1.82, 2.24) is 0 Å². The molecule has 0 spiro atoms. The summed E-state index contributed by atoms with van der Waals surface area (Å²) in [5.41, 5.74) is 21.3. The summed E-state index contributed by atoms with van der Waals surface area (Å²) in [4.78, 5) is 0. The molecule has 0 bridgehead atoms. The van der Waals surface area contributed by atoms with Crippen LogP contribution in [0.5, 0.6) is 0 Å². The van der Waals surface area contributed by atoms with Crippen LogP contribution in [0.3, 0.4) is 0 Å². The van der Waals surface area contributed by atoms with Crippen LogP contribution in [0.25, 0.3) is 0 Å². The predicted molar refractivity (Wildman–Crippen MR) is 127 cm³/mol. The van der Waals surface area contributed by atoms with Crippen molar-refractivity contribution in [3.63, 3.8) is 0 Å². The first-order valence-electron chi connectivity index (χ1n) is 10.9. The largest absolute Gasteiger partial charge is 0.326 e. The second-order valence-corrected chi connectivity index (χ2v) is 7.43. The maximum atomic E-state index is 5.65. The summed E-state index contributed by atoms with van der Waals surface area (Å²) in [6.45, 7) is 25.2. The minimum Gasteiger partial charge on any atom is -0.326 e. The number of hydrogen-bond donors (Lipinski definition) is 4. The summed E-state index contributed by atoms with van der Waals surface area (Å²) in [6.07, 6.45) is 8.91. The normalized spacial score (nSPS) is 9.23. The molecule has 0 saturated carbocycles. The number of nitrogens with two attached hydrogens (primary N) is 4. The van der Waals surface area contributed by atoms with Crippen LogP contribution < -0.4 is 22.9 Å². The van der Waals surface area contributed by atoms with Crippen molar-refractivity contribution in [3.05, 3.63) is 0 Å². The molecule has 0 radical (unpaired) electrons. The molecule has 8 N–H and O–H groups in total. The van der Waals surface area contributed by atoms with Gasteiger partial charge in [0.15, 0.2) is 0 Å². The highest BCUT2D eigenvalue weighted by Crippen LogP contribution is 2.04. The lowest BCUT2D eigenvalue weighted by molar-refractivity contribution is 0.420. The molecule has 0 aliphatic rings. The number of rotatable bonds is 4. The van der Waals surface area contributed by atoms with E-state index in [-0.39, 0.29) is 5.54 Å². The van der Waals surface area contributed by atoms with Crippen LogP contribution in [0.15, 0.2) is 0 Å². The van der Waals surface area contributed by atoms with Gasteiger partial charge in [0, 0.05) is 5.54 Å². The average molecular weight is 381 g/mol. The monoisotopic (exact) mass is 380 g/mol. The Morgan fingerprint density at radius 2 is 0.654 bits per heavy atom. The molecule has 0 atom stereocenters. The van der Waals surface area contributed by atoms with Crippen LogP contribution in [0.2, 0.25) is 0 Å². The van der Waals surface area contributed by atoms with Gasteiger partial charge in [-0.3, -0.25) is 0 Å². The molecule has 0 aromatic heterocycles. The second-order valence-electron chi connectivity index (χ2n) is 7.43. The quantitative estimate of drug-likeness (QED) is 0.417. The minimum absolute atomic E-state index is 0.0503. The Balaban J connectivity index is -0.0000000490. The zero-order valence-corrected chi connectivity index (χ0v) is 21.0. The zero-order chi connectivity index (χ0) is 22.7. The van der Waals surface area contributed by atoms with E-state index < -0.39 is 5.79 Å². The van der Waals surface area contributed by atoms with Gasteiger partial charge in [-0.15, -0.1) is 0 Å². The molecule has 0 rings (SSSR count). The summed E-state index contributed by atoms with van der Waals surface area (Å²) < 4.78 is 0. The van der Waals surface area contributed by atoms with Crippen LogP contribution in [0.4, 0.5) is 0 Å². The average Bonchev–Trinajstić information content (AvgIpc) is 2.40. The van der Waals surface area contributed by atoms with Gasteiger partial charge in [0.1, 0.15) is 5.79 Å². The highest BCUT2D eigenvalue weighted by atomic mass is 15.1. The summed E-state index contributed by atoms with van der Waals surface area (Å²) in [5, 5.41) is 0. The van der Waals surface area contributed by atoms with Crippen molar-refractivity contribution in [2.75, 3.05) is 0 Å². The third kappa shape index (κ3) is 202. The van der Waals surface area contributed by atoms with E-state index in [9.17, 15) is 0 Å². The van der Waals surface area contributed by atoms with Crippen molar-refractivity contribution >= 4 is 0 Å². The van der Waals surface area contributed by atoms with Crippen molar-refractivity contribution < 1.29 is 0 Å². The maximum Gasteiger partial charge on any atom is 0.115 e. The smallest absolute Gasteiger partial charge is 0.115 e. The molecule has 0 aliphatic heterocycles. The molecule has 0 fully saturated rings. The number of hydrogen-bond acceptors (Lipinski definition) is 4. The Labute approximate surface area is 169 Å². The van der Waals surface area contributed by atoms with Crippen LogP contribution in [-0.2, 0) is 0 Å². The van der Waals surface area contributed by atoms with Crippen LogP contribution in [0, 0.1) is 0 Å². The van der Waals surface area contributed by atoms with Crippen molar-refractivity contribution in [3.8, 4) is 0 Å².